The first-order valence-corrected chi connectivity index (χ1v) is 11.8. The van der Waals surface area contributed by atoms with Crippen LogP contribution in [0.4, 0.5) is 0 Å². The van der Waals surface area contributed by atoms with Crippen molar-refractivity contribution in [3.8, 4) is 0 Å². The largest absolute Gasteiger partial charge is 0.469 e. The molecule has 2 N–H and O–H groups in total. The average molecular weight is 524 g/mol. The van der Waals surface area contributed by atoms with Crippen molar-refractivity contribution >= 4 is 40.0 Å². The maximum atomic E-state index is 12.0. The smallest absolute Gasteiger partial charge is 0.213 e. The van der Waals surface area contributed by atoms with Gasteiger partial charge in [-0.25, -0.2) is 12.7 Å². The predicted octanol–water partition coefficient (Wildman–Crippen LogP) is 2.73. The van der Waals surface area contributed by atoms with Crippen LogP contribution in [-0.2, 0) is 16.4 Å². The van der Waals surface area contributed by atoms with Gasteiger partial charge in [0, 0.05) is 38.1 Å². The maximum absolute atomic E-state index is 12.0. The Balaban J connectivity index is 0.00000280. The van der Waals surface area contributed by atoms with Gasteiger partial charge >= 0.3 is 0 Å². The molecule has 160 valence electrons. The van der Waals surface area contributed by atoms with Crippen LogP contribution in [0.15, 0.2) is 27.8 Å². The van der Waals surface area contributed by atoms with Gasteiger partial charge in [-0.05, 0) is 44.7 Å². The Hall–Kier alpha value is -0.810. The Labute approximate surface area is 185 Å². The van der Waals surface area contributed by atoms with Gasteiger partial charge in [-0.1, -0.05) is 12.8 Å². The monoisotopic (exact) mass is 524 g/mol. The van der Waals surface area contributed by atoms with Gasteiger partial charge in [0.05, 0.1) is 12.0 Å². The zero-order chi connectivity index (χ0) is 19.1. The second-order valence-corrected chi connectivity index (χ2v) is 9.66. The van der Waals surface area contributed by atoms with Crippen molar-refractivity contribution in [3.63, 3.8) is 0 Å². The molecule has 0 amide bonds. The number of halogens is 1. The molecule has 1 aromatic heterocycles. The van der Waals surface area contributed by atoms with Crippen molar-refractivity contribution < 1.29 is 12.8 Å². The fourth-order valence-electron chi connectivity index (χ4n) is 3.78. The molecule has 0 spiro atoms. The SMILES string of the molecule is CCS(=O)(=O)N1CCC(NC(=NCCc2ccco2)NC2CCCC2)CC1.I. The number of hydrogen-bond donors (Lipinski definition) is 2. The van der Waals surface area contributed by atoms with Gasteiger partial charge in [-0.15, -0.1) is 24.0 Å². The highest BCUT2D eigenvalue weighted by Gasteiger charge is 2.27. The number of piperidine rings is 1. The summed E-state index contributed by atoms with van der Waals surface area (Å²) >= 11 is 0. The summed E-state index contributed by atoms with van der Waals surface area (Å²) in [6.45, 7) is 3.53. The third-order valence-electron chi connectivity index (χ3n) is 5.46. The Morgan fingerprint density at radius 2 is 1.82 bits per heavy atom. The van der Waals surface area contributed by atoms with E-state index in [-0.39, 0.29) is 35.8 Å². The van der Waals surface area contributed by atoms with Gasteiger partial charge in [0.15, 0.2) is 5.96 Å². The summed E-state index contributed by atoms with van der Waals surface area (Å²) in [6, 6.07) is 4.61. The lowest BCUT2D eigenvalue weighted by Gasteiger charge is -2.32. The molecule has 1 aliphatic heterocycles. The molecule has 1 aliphatic carbocycles. The zero-order valence-electron chi connectivity index (χ0n) is 16.6. The van der Waals surface area contributed by atoms with E-state index < -0.39 is 10.0 Å². The lowest BCUT2D eigenvalue weighted by Crippen LogP contribution is -2.51. The number of furan rings is 1. The van der Waals surface area contributed by atoms with Crippen LogP contribution in [0.25, 0.3) is 0 Å². The third kappa shape index (κ3) is 6.91. The topological polar surface area (TPSA) is 86.9 Å². The molecule has 2 aliphatic rings. The highest BCUT2D eigenvalue weighted by Crippen LogP contribution is 2.18. The van der Waals surface area contributed by atoms with Crippen LogP contribution in [0.5, 0.6) is 0 Å². The summed E-state index contributed by atoms with van der Waals surface area (Å²) in [4.78, 5) is 4.74. The lowest BCUT2D eigenvalue weighted by molar-refractivity contribution is 0.306. The molecule has 0 unspecified atom stereocenters. The molecule has 3 rings (SSSR count). The average Bonchev–Trinajstić information content (AvgIpc) is 3.36. The van der Waals surface area contributed by atoms with E-state index in [9.17, 15) is 8.42 Å². The minimum Gasteiger partial charge on any atom is -0.469 e. The van der Waals surface area contributed by atoms with E-state index in [1.807, 2.05) is 12.1 Å². The Bertz CT molecular complexity index is 695. The second kappa shape index (κ2) is 11.4. The van der Waals surface area contributed by atoms with Gasteiger partial charge in [-0.3, -0.25) is 4.99 Å². The molecule has 1 saturated heterocycles. The first-order chi connectivity index (χ1) is 13.1. The summed E-state index contributed by atoms with van der Waals surface area (Å²) in [5, 5.41) is 7.11. The van der Waals surface area contributed by atoms with E-state index in [0.717, 1.165) is 31.0 Å². The molecule has 0 bridgehead atoms. The Morgan fingerprint density at radius 1 is 1.18 bits per heavy atom. The summed E-state index contributed by atoms with van der Waals surface area (Å²) in [5.41, 5.74) is 0. The molecule has 0 aromatic carbocycles. The number of sulfonamides is 1. The number of hydrogen-bond acceptors (Lipinski definition) is 4. The van der Waals surface area contributed by atoms with E-state index in [4.69, 9.17) is 9.41 Å². The number of nitrogens with one attached hydrogen (secondary N) is 2. The minimum atomic E-state index is -3.08. The van der Waals surface area contributed by atoms with Crippen molar-refractivity contribution in [3.05, 3.63) is 24.2 Å². The first-order valence-electron chi connectivity index (χ1n) is 10.1. The van der Waals surface area contributed by atoms with Gasteiger partial charge in [0.1, 0.15) is 5.76 Å². The Morgan fingerprint density at radius 3 is 2.39 bits per heavy atom. The maximum Gasteiger partial charge on any atom is 0.213 e. The second-order valence-electron chi connectivity index (χ2n) is 7.40. The van der Waals surface area contributed by atoms with Crippen LogP contribution >= 0.6 is 24.0 Å². The van der Waals surface area contributed by atoms with E-state index in [2.05, 4.69) is 10.6 Å². The summed E-state index contributed by atoms with van der Waals surface area (Å²) in [5.74, 6) is 1.97. The first kappa shape index (κ1) is 23.5. The molecule has 9 heteroatoms. The van der Waals surface area contributed by atoms with Crippen molar-refractivity contribution in [2.24, 2.45) is 4.99 Å². The van der Waals surface area contributed by atoms with Crippen molar-refractivity contribution in [2.45, 2.75) is 64.0 Å². The summed E-state index contributed by atoms with van der Waals surface area (Å²) < 4.78 is 31.1. The molecule has 2 fully saturated rings. The highest BCUT2D eigenvalue weighted by molar-refractivity contribution is 14.0. The number of guanidine groups is 1. The summed E-state index contributed by atoms with van der Waals surface area (Å²) in [7, 11) is -3.08. The van der Waals surface area contributed by atoms with Crippen LogP contribution in [0, 0.1) is 0 Å². The minimum absolute atomic E-state index is 0. The van der Waals surface area contributed by atoms with Crippen LogP contribution in [0.1, 0.15) is 51.2 Å². The normalized spacial score (nSPS) is 20.1. The molecule has 7 nitrogen and oxygen atoms in total. The Kier molecular flexibility index (Phi) is 9.55. The molecule has 0 radical (unpaired) electrons. The fourth-order valence-corrected chi connectivity index (χ4v) is 4.92. The van der Waals surface area contributed by atoms with Crippen molar-refractivity contribution in [2.75, 3.05) is 25.4 Å². The van der Waals surface area contributed by atoms with E-state index in [0.29, 0.717) is 25.7 Å². The lowest BCUT2D eigenvalue weighted by atomic mass is 10.1. The van der Waals surface area contributed by atoms with Gasteiger partial charge < -0.3 is 15.1 Å². The van der Waals surface area contributed by atoms with Crippen LogP contribution < -0.4 is 10.6 Å². The molecular weight excluding hydrogens is 491 g/mol. The van der Waals surface area contributed by atoms with Crippen LogP contribution in [0.3, 0.4) is 0 Å². The molecule has 28 heavy (non-hydrogen) atoms. The molecule has 2 heterocycles. The van der Waals surface area contributed by atoms with Gasteiger partial charge in [0.2, 0.25) is 10.0 Å². The molecular formula is C19H33IN4O3S. The summed E-state index contributed by atoms with van der Waals surface area (Å²) in [6.07, 6.45) is 8.99. The standard InChI is InChI=1S/C19H32N4O3S.HI/c1-2-27(24,25)23-13-10-17(11-14-23)22-19(21-16-6-3-4-7-16)20-12-9-18-8-5-15-26-18;/h5,8,15-17H,2-4,6-7,9-14H2,1H3,(H2,20,21,22);1H. The number of rotatable bonds is 7. The van der Waals surface area contributed by atoms with Crippen molar-refractivity contribution in [1.82, 2.24) is 14.9 Å². The highest BCUT2D eigenvalue weighted by atomic mass is 127. The number of aliphatic imine (C=N–C) groups is 1. The quantitative estimate of drug-likeness (QED) is 0.326. The van der Waals surface area contributed by atoms with Crippen molar-refractivity contribution in [1.29, 1.82) is 0 Å². The third-order valence-corrected chi connectivity index (χ3v) is 7.34. The van der Waals surface area contributed by atoms with E-state index in [1.54, 1.807) is 17.5 Å². The fraction of sp³-hybridized carbons (Fsp3) is 0.737. The zero-order valence-corrected chi connectivity index (χ0v) is 19.7. The van der Waals surface area contributed by atoms with Crippen LogP contribution in [-0.4, -0.2) is 56.2 Å². The molecule has 1 aromatic rings. The van der Waals surface area contributed by atoms with Gasteiger partial charge in [0.25, 0.3) is 0 Å². The molecule has 1 saturated carbocycles. The van der Waals surface area contributed by atoms with Crippen LogP contribution in [0.2, 0.25) is 0 Å². The van der Waals surface area contributed by atoms with Gasteiger partial charge in [-0.2, -0.15) is 0 Å². The predicted molar refractivity (Wildman–Crippen MR) is 123 cm³/mol. The number of nitrogens with zero attached hydrogens (tertiary/aromatic N) is 2. The van der Waals surface area contributed by atoms with E-state index >= 15 is 0 Å². The molecule has 0 atom stereocenters. The van der Waals surface area contributed by atoms with E-state index in [1.165, 1.54) is 25.7 Å².